The van der Waals surface area contributed by atoms with Crippen molar-refractivity contribution in [3.63, 3.8) is 0 Å². The van der Waals surface area contributed by atoms with Crippen LogP contribution in [0.3, 0.4) is 0 Å². The van der Waals surface area contributed by atoms with E-state index >= 15 is 0 Å². The zero-order valence-electron chi connectivity index (χ0n) is 12.9. The van der Waals surface area contributed by atoms with Crippen molar-refractivity contribution in [3.05, 3.63) is 61.1 Å². The number of benzene rings is 1. The van der Waals surface area contributed by atoms with Crippen LogP contribution in [0.4, 0.5) is 0 Å². The summed E-state index contributed by atoms with van der Waals surface area (Å²) in [6.07, 6.45) is 0.826. The Kier molecular flexibility index (Phi) is 4.57. The highest BCUT2D eigenvalue weighted by Crippen LogP contribution is 2.11. The maximum absolute atomic E-state index is 12.3. The lowest BCUT2D eigenvalue weighted by Crippen LogP contribution is -2.32. The third-order valence-corrected chi connectivity index (χ3v) is 4.50. The molecule has 8 heteroatoms. The molecule has 0 aliphatic rings. The SMILES string of the molecule is CCc1nc(COC(=O)Cn2[nH]c(=O)c3ccccc3c2=O)cs1. The van der Waals surface area contributed by atoms with E-state index in [0.29, 0.717) is 11.1 Å². The number of hydrogen-bond donors (Lipinski definition) is 1. The molecule has 124 valence electrons. The summed E-state index contributed by atoms with van der Waals surface area (Å²) in [6, 6.07) is 6.45. The first-order valence-corrected chi connectivity index (χ1v) is 8.27. The molecule has 3 aromatic rings. The molecule has 0 unspecified atom stereocenters. The average molecular weight is 345 g/mol. The minimum Gasteiger partial charge on any atom is -0.458 e. The summed E-state index contributed by atoms with van der Waals surface area (Å²) in [6.45, 7) is 1.68. The molecule has 0 atom stereocenters. The molecule has 0 bridgehead atoms. The third-order valence-electron chi connectivity index (χ3n) is 3.45. The van der Waals surface area contributed by atoms with Crippen LogP contribution in [0.15, 0.2) is 39.2 Å². The Balaban J connectivity index is 1.74. The van der Waals surface area contributed by atoms with Gasteiger partial charge in [0.1, 0.15) is 13.2 Å². The van der Waals surface area contributed by atoms with E-state index in [1.54, 1.807) is 24.3 Å². The van der Waals surface area contributed by atoms with Crippen molar-refractivity contribution < 1.29 is 9.53 Å². The highest BCUT2D eigenvalue weighted by Gasteiger charge is 2.11. The molecule has 0 spiro atoms. The first-order valence-electron chi connectivity index (χ1n) is 7.39. The Labute approximate surface area is 140 Å². The lowest BCUT2D eigenvalue weighted by atomic mass is 10.2. The summed E-state index contributed by atoms with van der Waals surface area (Å²) in [4.78, 5) is 40.5. The zero-order chi connectivity index (χ0) is 17.1. The molecule has 0 radical (unpaired) electrons. The fourth-order valence-corrected chi connectivity index (χ4v) is 2.99. The van der Waals surface area contributed by atoms with Gasteiger partial charge in [-0.25, -0.2) is 9.67 Å². The first kappa shape index (κ1) is 16.1. The Bertz CT molecular complexity index is 1000. The molecule has 0 aliphatic heterocycles. The van der Waals surface area contributed by atoms with Crippen molar-refractivity contribution in [2.24, 2.45) is 0 Å². The molecule has 0 aliphatic carbocycles. The van der Waals surface area contributed by atoms with Gasteiger partial charge in [0, 0.05) is 5.38 Å². The van der Waals surface area contributed by atoms with E-state index in [0.717, 1.165) is 16.1 Å². The van der Waals surface area contributed by atoms with Crippen LogP contribution in [0.25, 0.3) is 10.8 Å². The second-order valence-electron chi connectivity index (χ2n) is 5.12. The molecular formula is C16H15N3O4S. The summed E-state index contributed by atoms with van der Waals surface area (Å²) in [5.74, 6) is -0.617. The molecule has 0 fully saturated rings. The number of aromatic nitrogens is 3. The largest absolute Gasteiger partial charge is 0.458 e. The zero-order valence-corrected chi connectivity index (χ0v) is 13.8. The number of carbonyl (C=O) groups excluding carboxylic acids is 1. The van der Waals surface area contributed by atoms with E-state index in [-0.39, 0.29) is 18.5 Å². The van der Waals surface area contributed by atoms with Gasteiger partial charge in [-0.1, -0.05) is 19.1 Å². The maximum Gasteiger partial charge on any atom is 0.328 e. The van der Waals surface area contributed by atoms with Crippen molar-refractivity contribution in [2.45, 2.75) is 26.5 Å². The second-order valence-corrected chi connectivity index (χ2v) is 6.07. The summed E-state index contributed by atoms with van der Waals surface area (Å²) in [7, 11) is 0. The number of nitrogens with zero attached hydrogens (tertiary/aromatic N) is 2. The van der Waals surface area contributed by atoms with Gasteiger partial charge in [-0.05, 0) is 18.6 Å². The predicted octanol–water partition coefficient (Wildman–Crippen LogP) is 1.45. The van der Waals surface area contributed by atoms with Crippen LogP contribution < -0.4 is 11.1 Å². The van der Waals surface area contributed by atoms with Crippen molar-refractivity contribution in [1.82, 2.24) is 14.8 Å². The van der Waals surface area contributed by atoms with E-state index in [2.05, 4.69) is 10.1 Å². The van der Waals surface area contributed by atoms with Gasteiger partial charge in [0.25, 0.3) is 11.1 Å². The average Bonchev–Trinajstić information content (AvgIpc) is 3.06. The molecule has 1 N–H and O–H groups in total. The number of carbonyl (C=O) groups is 1. The van der Waals surface area contributed by atoms with Crippen LogP contribution in [0.1, 0.15) is 17.6 Å². The van der Waals surface area contributed by atoms with E-state index in [4.69, 9.17) is 4.74 Å². The van der Waals surface area contributed by atoms with Crippen LogP contribution in [-0.2, 0) is 29.1 Å². The van der Waals surface area contributed by atoms with Crippen LogP contribution in [0.5, 0.6) is 0 Å². The maximum atomic E-state index is 12.3. The first-order chi connectivity index (χ1) is 11.6. The normalized spacial score (nSPS) is 10.9. The summed E-state index contributed by atoms with van der Waals surface area (Å²) < 4.78 is 6.08. The van der Waals surface area contributed by atoms with Gasteiger partial charge >= 0.3 is 5.97 Å². The highest BCUT2D eigenvalue weighted by atomic mass is 32.1. The van der Waals surface area contributed by atoms with Crippen LogP contribution in [0, 0.1) is 0 Å². The number of rotatable bonds is 5. The molecule has 7 nitrogen and oxygen atoms in total. The van der Waals surface area contributed by atoms with E-state index < -0.39 is 17.1 Å². The van der Waals surface area contributed by atoms with Gasteiger partial charge in [-0.15, -0.1) is 11.3 Å². The number of thiazole rings is 1. The second kappa shape index (κ2) is 6.79. The Morgan fingerprint density at radius 2 is 2.04 bits per heavy atom. The number of esters is 1. The molecule has 1 aromatic carbocycles. The van der Waals surface area contributed by atoms with Gasteiger partial charge in [0.05, 0.1) is 21.5 Å². The Morgan fingerprint density at radius 1 is 1.29 bits per heavy atom. The molecule has 24 heavy (non-hydrogen) atoms. The number of aromatic amines is 1. The minimum atomic E-state index is -0.617. The fraction of sp³-hybridized carbons (Fsp3) is 0.250. The number of ether oxygens (including phenoxy) is 1. The summed E-state index contributed by atoms with van der Waals surface area (Å²) in [5, 5.41) is 5.75. The van der Waals surface area contributed by atoms with Gasteiger partial charge in [-0.2, -0.15) is 0 Å². The quantitative estimate of drug-likeness (QED) is 0.707. The third kappa shape index (κ3) is 3.28. The number of H-pyrrole nitrogens is 1. The monoisotopic (exact) mass is 345 g/mol. The minimum absolute atomic E-state index is 0.0435. The molecule has 2 aromatic heterocycles. The van der Waals surface area contributed by atoms with E-state index in [1.165, 1.54) is 11.3 Å². The molecule has 0 saturated heterocycles. The predicted molar refractivity (Wildman–Crippen MR) is 90.1 cm³/mol. The molecule has 2 heterocycles. The van der Waals surface area contributed by atoms with Gasteiger partial charge in [0.2, 0.25) is 0 Å². The lowest BCUT2D eigenvalue weighted by Gasteiger charge is -2.07. The van der Waals surface area contributed by atoms with E-state index in [1.807, 2.05) is 12.3 Å². The number of fused-ring (bicyclic) bond motifs is 1. The van der Waals surface area contributed by atoms with Crippen molar-refractivity contribution in [1.29, 1.82) is 0 Å². The Morgan fingerprint density at radius 3 is 2.75 bits per heavy atom. The molecule has 3 rings (SSSR count). The molecule has 0 amide bonds. The summed E-state index contributed by atoms with van der Waals surface area (Å²) >= 11 is 1.51. The van der Waals surface area contributed by atoms with Crippen LogP contribution >= 0.6 is 11.3 Å². The number of aryl methyl sites for hydroxylation is 1. The Hall–Kier alpha value is -2.74. The summed E-state index contributed by atoms with van der Waals surface area (Å²) in [5.41, 5.74) is -0.196. The van der Waals surface area contributed by atoms with E-state index in [9.17, 15) is 14.4 Å². The van der Waals surface area contributed by atoms with Gasteiger partial charge < -0.3 is 4.74 Å². The number of nitrogens with one attached hydrogen (secondary N) is 1. The fourth-order valence-electron chi connectivity index (χ4n) is 2.26. The molecular weight excluding hydrogens is 330 g/mol. The number of hydrogen-bond acceptors (Lipinski definition) is 6. The van der Waals surface area contributed by atoms with Crippen molar-refractivity contribution in [2.75, 3.05) is 0 Å². The highest BCUT2D eigenvalue weighted by molar-refractivity contribution is 7.09. The van der Waals surface area contributed by atoms with Crippen LogP contribution in [0.2, 0.25) is 0 Å². The van der Waals surface area contributed by atoms with Gasteiger partial charge in [0.15, 0.2) is 0 Å². The lowest BCUT2D eigenvalue weighted by molar-refractivity contribution is -0.146. The molecule has 0 saturated carbocycles. The standard InChI is InChI=1S/C16H15N3O4S/c1-2-13-17-10(9-24-13)8-23-14(20)7-19-16(22)12-6-4-3-5-11(12)15(21)18-19/h3-6,9H,2,7-8H2,1H3,(H,18,21). The van der Waals surface area contributed by atoms with Gasteiger partial charge in [-0.3, -0.25) is 19.5 Å². The topological polar surface area (TPSA) is 94.0 Å². The van der Waals surface area contributed by atoms with Crippen molar-refractivity contribution >= 4 is 28.1 Å². The smallest absolute Gasteiger partial charge is 0.328 e. The van der Waals surface area contributed by atoms with Crippen molar-refractivity contribution in [3.8, 4) is 0 Å². The van der Waals surface area contributed by atoms with Crippen LogP contribution in [-0.4, -0.2) is 20.7 Å².